The van der Waals surface area contributed by atoms with Crippen molar-refractivity contribution in [1.29, 1.82) is 0 Å². The van der Waals surface area contributed by atoms with Crippen LogP contribution in [0.4, 0.5) is 5.69 Å². The third-order valence-electron chi connectivity index (χ3n) is 1.70. The molecule has 0 unspecified atom stereocenters. The number of hydrogen-bond donors (Lipinski definition) is 1. The number of halogens is 1. The van der Waals surface area contributed by atoms with Crippen molar-refractivity contribution in [2.45, 2.75) is 12.8 Å². The maximum Gasteiger partial charge on any atom is 0.224 e. The highest BCUT2D eigenvalue weighted by molar-refractivity contribution is 6.64. The number of nitrogen functional groups attached to an aromatic ring is 1. The van der Waals surface area contributed by atoms with Gasteiger partial charge in [0.2, 0.25) is 5.24 Å². The molecule has 0 heterocycles. The minimum Gasteiger partial charge on any atom is -0.399 e. The largest absolute Gasteiger partial charge is 0.399 e. The van der Waals surface area contributed by atoms with Crippen molar-refractivity contribution in [3.63, 3.8) is 0 Å². The van der Waals surface area contributed by atoms with Gasteiger partial charge in [-0.2, -0.15) is 0 Å². The molecule has 2 N–H and O–H groups in total. The van der Waals surface area contributed by atoms with Gasteiger partial charge in [-0.05, 0) is 36.6 Å². The Labute approximate surface area is 82.7 Å². The Kier molecular flexibility index (Phi) is 3.77. The second-order valence-electron chi connectivity index (χ2n) is 2.99. The van der Waals surface area contributed by atoms with Gasteiger partial charge in [0.25, 0.3) is 0 Å². The second kappa shape index (κ2) is 4.87. The third kappa shape index (κ3) is 4.53. The highest BCUT2D eigenvalue weighted by Crippen LogP contribution is 2.30. The van der Waals surface area contributed by atoms with E-state index < -0.39 is 0 Å². The number of anilines is 1. The van der Waals surface area contributed by atoms with E-state index in [1.807, 2.05) is 30.3 Å². The summed E-state index contributed by atoms with van der Waals surface area (Å²) in [5.41, 5.74) is 6.18. The quantitative estimate of drug-likeness (QED) is 0.555. The van der Waals surface area contributed by atoms with E-state index in [1.54, 1.807) is 0 Å². The van der Waals surface area contributed by atoms with Gasteiger partial charge in [-0.3, -0.25) is 4.79 Å². The van der Waals surface area contributed by atoms with E-state index in [9.17, 15) is 4.79 Å². The van der Waals surface area contributed by atoms with Crippen LogP contribution in [0.5, 0.6) is 0 Å². The summed E-state index contributed by atoms with van der Waals surface area (Å²) >= 11 is 5.04. The van der Waals surface area contributed by atoms with Gasteiger partial charge < -0.3 is 5.73 Å². The Morgan fingerprint density at radius 2 is 1.85 bits per heavy atom. The summed E-state index contributed by atoms with van der Waals surface area (Å²) in [7, 11) is 0. The van der Waals surface area contributed by atoms with Crippen LogP contribution >= 0.6 is 11.6 Å². The monoisotopic (exact) mass is 197 g/mol. The zero-order chi connectivity index (χ0) is 9.68. The first-order chi connectivity index (χ1) is 6.20. The lowest BCUT2D eigenvalue weighted by atomic mass is 10.3. The highest BCUT2D eigenvalue weighted by atomic mass is 35.5. The number of hydrogen-bond acceptors (Lipinski definition) is 2. The lowest BCUT2D eigenvalue weighted by Gasteiger charge is -1.83. The van der Waals surface area contributed by atoms with Crippen molar-refractivity contribution in [2.24, 2.45) is 5.92 Å². The maximum atomic E-state index is 9.97. The Hall–Kier alpha value is -1.02. The zero-order valence-electron chi connectivity index (χ0n) is 7.24. The predicted octanol–water partition coefficient (Wildman–Crippen LogP) is 2.43. The van der Waals surface area contributed by atoms with Crippen molar-refractivity contribution in [3.05, 3.63) is 30.3 Å². The average Bonchev–Trinajstić information content (AvgIpc) is 2.88. The fourth-order valence-corrected chi connectivity index (χ4v) is 0.982. The topological polar surface area (TPSA) is 43.1 Å². The van der Waals surface area contributed by atoms with Gasteiger partial charge in [0, 0.05) is 11.6 Å². The molecule has 0 atom stereocenters. The number of carbonyl (C=O) groups excluding carboxylic acids is 1. The number of para-hydroxylation sites is 1. The third-order valence-corrected chi connectivity index (χ3v) is 2.01. The van der Waals surface area contributed by atoms with E-state index in [1.165, 1.54) is 0 Å². The smallest absolute Gasteiger partial charge is 0.224 e. The standard InChI is InChI=1S/C6H7N.C4H5ClO/c7-6-4-2-1-3-5-6;5-4(6)3-1-2-3/h1-5H,7H2;3H,1-2H2. The SMILES string of the molecule is Nc1ccccc1.O=C(Cl)C1CC1. The van der Waals surface area contributed by atoms with Gasteiger partial charge in [-0.15, -0.1) is 0 Å². The molecule has 0 spiro atoms. The van der Waals surface area contributed by atoms with Crippen LogP contribution in [0.15, 0.2) is 30.3 Å². The van der Waals surface area contributed by atoms with Crippen molar-refractivity contribution in [1.82, 2.24) is 0 Å². The summed E-state index contributed by atoms with van der Waals surface area (Å²) in [6, 6.07) is 9.49. The normalized spacial score (nSPS) is 14.2. The molecule has 13 heavy (non-hydrogen) atoms. The Morgan fingerprint density at radius 3 is 2.00 bits per heavy atom. The van der Waals surface area contributed by atoms with Crippen LogP contribution in [0.1, 0.15) is 12.8 Å². The van der Waals surface area contributed by atoms with Crippen molar-refractivity contribution in [3.8, 4) is 0 Å². The molecule has 0 amide bonds. The molecule has 70 valence electrons. The van der Waals surface area contributed by atoms with Crippen LogP contribution in [-0.2, 0) is 4.79 Å². The zero-order valence-corrected chi connectivity index (χ0v) is 8.00. The molecule has 2 rings (SSSR count). The Balaban J connectivity index is 0.000000132. The first kappa shape index (κ1) is 10.1. The van der Waals surface area contributed by atoms with Crippen LogP contribution < -0.4 is 5.73 Å². The van der Waals surface area contributed by atoms with Gasteiger partial charge in [-0.25, -0.2) is 0 Å². The molecule has 1 aliphatic carbocycles. The fraction of sp³-hybridized carbons (Fsp3) is 0.300. The molecule has 1 aromatic carbocycles. The maximum absolute atomic E-state index is 9.97. The molecule has 2 nitrogen and oxygen atoms in total. The highest BCUT2D eigenvalue weighted by Gasteiger charge is 2.27. The van der Waals surface area contributed by atoms with E-state index >= 15 is 0 Å². The van der Waals surface area contributed by atoms with Crippen molar-refractivity contribution < 1.29 is 4.79 Å². The number of rotatable bonds is 1. The molecule has 0 saturated heterocycles. The summed E-state index contributed by atoms with van der Waals surface area (Å²) in [5.74, 6) is 0.228. The average molecular weight is 198 g/mol. The van der Waals surface area contributed by atoms with Gasteiger partial charge in [0.1, 0.15) is 0 Å². The molecule has 1 aliphatic rings. The van der Waals surface area contributed by atoms with Crippen LogP contribution in [0, 0.1) is 5.92 Å². The molecule has 0 aliphatic heterocycles. The first-order valence-corrected chi connectivity index (χ1v) is 4.58. The molecule has 1 saturated carbocycles. The molecule has 3 heteroatoms. The van der Waals surface area contributed by atoms with Gasteiger partial charge in [0.05, 0.1) is 0 Å². The lowest BCUT2D eigenvalue weighted by Crippen LogP contribution is -1.83. The van der Waals surface area contributed by atoms with Crippen LogP contribution in [0.2, 0.25) is 0 Å². The van der Waals surface area contributed by atoms with Gasteiger partial charge in [-0.1, -0.05) is 18.2 Å². The second-order valence-corrected chi connectivity index (χ2v) is 3.36. The summed E-state index contributed by atoms with van der Waals surface area (Å²) < 4.78 is 0. The Bertz CT molecular complexity index is 270. The molecule has 0 bridgehead atoms. The summed E-state index contributed by atoms with van der Waals surface area (Å²) in [6.45, 7) is 0. The summed E-state index contributed by atoms with van der Waals surface area (Å²) in [5, 5.41) is -0.157. The van der Waals surface area contributed by atoms with E-state index in [0.717, 1.165) is 18.5 Å². The Morgan fingerprint density at radius 1 is 1.31 bits per heavy atom. The van der Waals surface area contributed by atoms with E-state index in [0.29, 0.717) is 0 Å². The molecular weight excluding hydrogens is 186 g/mol. The van der Waals surface area contributed by atoms with Crippen molar-refractivity contribution >= 4 is 22.5 Å². The van der Waals surface area contributed by atoms with Crippen molar-refractivity contribution in [2.75, 3.05) is 5.73 Å². The number of benzene rings is 1. The van der Waals surface area contributed by atoms with Gasteiger partial charge in [0.15, 0.2) is 0 Å². The lowest BCUT2D eigenvalue weighted by molar-refractivity contribution is -0.112. The van der Waals surface area contributed by atoms with Crippen LogP contribution in [0.3, 0.4) is 0 Å². The molecule has 0 aromatic heterocycles. The minimum absolute atomic E-state index is 0.157. The minimum atomic E-state index is -0.157. The van der Waals surface area contributed by atoms with Gasteiger partial charge >= 0.3 is 0 Å². The summed E-state index contributed by atoms with van der Waals surface area (Å²) in [6.07, 6.45) is 2.03. The first-order valence-electron chi connectivity index (χ1n) is 4.20. The molecule has 1 aromatic rings. The number of nitrogens with two attached hydrogens (primary N) is 1. The van der Waals surface area contributed by atoms with Crippen LogP contribution in [0.25, 0.3) is 0 Å². The van der Waals surface area contributed by atoms with E-state index in [4.69, 9.17) is 17.3 Å². The molecule has 1 fully saturated rings. The van der Waals surface area contributed by atoms with Crippen LogP contribution in [-0.4, -0.2) is 5.24 Å². The number of carbonyl (C=O) groups is 1. The molecule has 0 radical (unpaired) electrons. The van der Waals surface area contributed by atoms with E-state index in [-0.39, 0.29) is 11.2 Å². The van der Waals surface area contributed by atoms with E-state index in [2.05, 4.69) is 0 Å². The summed E-state index contributed by atoms with van der Waals surface area (Å²) in [4.78, 5) is 9.97. The molecular formula is C10H12ClNO. The predicted molar refractivity (Wildman–Crippen MR) is 54.4 cm³/mol. The fourth-order valence-electron chi connectivity index (χ4n) is 0.763.